The van der Waals surface area contributed by atoms with Gasteiger partial charge >= 0.3 is 7.12 Å². The normalized spacial score (nSPS) is 22.4. The molecule has 1 aliphatic heterocycles. The van der Waals surface area contributed by atoms with Crippen LogP contribution in [0.4, 0.5) is 0 Å². The van der Waals surface area contributed by atoms with Crippen molar-refractivity contribution in [3.8, 4) is 5.75 Å². The highest BCUT2D eigenvalue weighted by atomic mass is 35.5. The molecule has 3 nitrogen and oxygen atoms in total. The van der Waals surface area contributed by atoms with E-state index >= 15 is 0 Å². The van der Waals surface area contributed by atoms with E-state index in [0.29, 0.717) is 24.3 Å². The fourth-order valence-corrected chi connectivity index (χ4v) is 2.24. The van der Waals surface area contributed by atoms with Crippen molar-refractivity contribution in [2.45, 2.75) is 32.8 Å². The molecule has 1 saturated heterocycles. The highest BCUT2D eigenvalue weighted by Gasteiger charge is 2.34. The molecule has 2 fully saturated rings. The highest BCUT2D eigenvalue weighted by molar-refractivity contribution is 6.61. The van der Waals surface area contributed by atoms with Gasteiger partial charge in [0.05, 0.1) is 11.1 Å². The van der Waals surface area contributed by atoms with Crippen LogP contribution in [-0.4, -0.2) is 26.4 Å². The molecule has 102 valence electrons. The van der Waals surface area contributed by atoms with Crippen molar-refractivity contribution in [3.63, 3.8) is 0 Å². The van der Waals surface area contributed by atoms with Crippen molar-refractivity contribution in [1.29, 1.82) is 0 Å². The van der Waals surface area contributed by atoms with Gasteiger partial charge in [-0.3, -0.25) is 0 Å². The Morgan fingerprint density at radius 3 is 2.53 bits per heavy atom. The maximum atomic E-state index is 6.24. The van der Waals surface area contributed by atoms with Crippen LogP contribution >= 0.6 is 11.6 Å². The summed E-state index contributed by atoms with van der Waals surface area (Å²) in [4.78, 5) is 0. The molecule has 1 aliphatic carbocycles. The Morgan fingerprint density at radius 1 is 1.26 bits per heavy atom. The van der Waals surface area contributed by atoms with Crippen molar-refractivity contribution in [2.24, 2.45) is 5.41 Å². The summed E-state index contributed by atoms with van der Waals surface area (Å²) in [6.07, 6.45) is 2.61. The topological polar surface area (TPSA) is 27.7 Å². The van der Waals surface area contributed by atoms with Crippen molar-refractivity contribution in [3.05, 3.63) is 23.2 Å². The molecule has 0 N–H and O–H groups in total. The molecule has 0 aromatic heterocycles. The predicted octanol–water partition coefficient (Wildman–Crippen LogP) is 2.65. The molecule has 3 rings (SSSR count). The number of benzene rings is 1. The lowest BCUT2D eigenvalue weighted by Crippen LogP contribution is -2.47. The van der Waals surface area contributed by atoms with E-state index in [2.05, 4.69) is 13.8 Å². The van der Waals surface area contributed by atoms with Crippen LogP contribution in [0.1, 0.15) is 26.7 Å². The fraction of sp³-hybridized carbons (Fsp3) is 0.571. The zero-order chi connectivity index (χ0) is 13.5. The summed E-state index contributed by atoms with van der Waals surface area (Å²) in [5.41, 5.74) is 1.03. The van der Waals surface area contributed by atoms with Gasteiger partial charge < -0.3 is 14.0 Å². The van der Waals surface area contributed by atoms with Gasteiger partial charge in [0, 0.05) is 18.6 Å². The molecule has 1 heterocycles. The standard InChI is InChI=1S/C14H18BClO3/c1-14(2)8-17-15(18-9-14)10-3-6-13(12(16)7-10)19-11-4-5-11/h3,6-7,11H,4-5,8-9H2,1-2H3. The predicted molar refractivity (Wildman–Crippen MR) is 76.2 cm³/mol. The van der Waals surface area contributed by atoms with Crippen molar-refractivity contribution >= 4 is 24.2 Å². The van der Waals surface area contributed by atoms with Gasteiger partial charge in [-0.05, 0) is 30.4 Å². The SMILES string of the molecule is CC1(C)COB(c2ccc(OC3CC3)c(Cl)c2)OC1. The zero-order valence-electron chi connectivity index (χ0n) is 11.3. The third-order valence-electron chi connectivity index (χ3n) is 3.30. The first-order chi connectivity index (χ1) is 9.03. The van der Waals surface area contributed by atoms with E-state index in [4.69, 9.17) is 25.6 Å². The molecule has 1 aromatic rings. The van der Waals surface area contributed by atoms with Crippen LogP contribution in [0.15, 0.2) is 18.2 Å². The molecule has 19 heavy (non-hydrogen) atoms. The second-order valence-corrected chi connectivity index (χ2v) is 6.53. The van der Waals surface area contributed by atoms with E-state index in [9.17, 15) is 0 Å². The molecule has 2 aliphatic rings. The van der Waals surface area contributed by atoms with E-state index in [1.165, 1.54) is 0 Å². The Kier molecular flexibility index (Phi) is 3.50. The Hall–Kier alpha value is -0.705. The summed E-state index contributed by atoms with van der Waals surface area (Å²) in [6, 6.07) is 5.75. The van der Waals surface area contributed by atoms with E-state index in [1.54, 1.807) is 0 Å². The Balaban J connectivity index is 1.69. The van der Waals surface area contributed by atoms with E-state index in [1.807, 2.05) is 18.2 Å². The van der Waals surface area contributed by atoms with Crippen LogP contribution in [-0.2, 0) is 9.31 Å². The van der Waals surface area contributed by atoms with Crippen LogP contribution in [0.5, 0.6) is 5.75 Å². The largest absolute Gasteiger partial charge is 0.493 e. The van der Waals surface area contributed by atoms with Crippen molar-refractivity contribution < 1.29 is 14.0 Å². The van der Waals surface area contributed by atoms with Gasteiger partial charge in [0.15, 0.2) is 0 Å². The van der Waals surface area contributed by atoms with Crippen LogP contribution in [0.2, 0.25) is 5.02 Å². The molecule has 0 spiro atoms. The number of halogens is 1. The average Bonchev–Trinajstić information content (AvgIpc) is 3.16. The summed E-state index contributed by atoms with van der Waals surface area (Å²) >= 11 is 6.24. The summed E-state index contributed by atoms with van der Waals surface area (Å²) in [7, 11) is -0.319. The Morgan fingerprint density at radius 2 is 1.95 bits per heavy atom. The third kappa shape index (κ3) is 3.25. The monoisotopic (exact) mass is 280 g/mol. The lowest BCUT2D eigenvalue weighted by atomic mass is 9.76. The van der Waals surface area contributed by atoms with Crippen LogP contribution < -0.4 is 10.2 Å². The highest BCUT2D eigenvalue weighted by Crippen LogP contribution is 2.31. The van der Waals surface area contributed by atoms with Gasteiger partial charge in [-0.1, -0.05) is 31.5 Å². The molecular formula is C14H18BClO3. The van der Waals surface area contributed by atoms with Gasteiger partial charge in [-0.2, -0.15) is 0 Å². The molecule has 1 aromatic carbocycles. The minimum Gasteiger partial charge on any atom is -0.489 e. The average molecular weight is 281 g/mol. The maximum Gasteiger partial charge on any atom is 0.493 e. The molecule has 1 saturated carbocycles. The second-order valence-electron chi connectivity index (χ2n) is 6.13. The molecular weight excluding hydrogens is 262 g/mol. The first-order valence-electron chi connectivity index (χ1n) is 6.73. The Labute approximate surface area is 119 Å². The first-order valence-corrected chi connectivity index (χ1v) is 7.11. The fourth-order valence-electron chi connectivity index (χ4n) is 2.01. The van der Waals surface area contributed by atoms with Gasteiger partial charge in [0.25, 0.3) is 0 Å². The smallest absolute Gasteiger partial charge is 0.489 e. The molecule has 0 radical (unpaired) electrons. The maximum absolute atomic E-state index is 6.24. The van der Waals surface area contributed by atoms with Crippen LogP contribution in [0.3, 0.4) is 0 Å². The summed E-state index contributed by atoms with van der Waals surface area (Å²) in [5, 5.41) is 0.626. The minimum absolute atomic E-state index is 0.0787. The third-order valence-corrected chi connectivity index (χ3v) is 3.59. The summed E-state index contributed by atoms with van der Waals surface area (Å²) in [6.45, 7) is 5.64. The van der Waals surface area contributed by atoms with E-state index in [0.717, 1.165) is 24.1 Å². The van der Waals surface area contributed by atoms with Crippen LogP contribution in [0.25, 0.3) is 0 Å². The quantitative estimate of drug-likeness (QED) is 0.797. The van der Waals surface area contributed by atoms with Crippen molar-refractivity contribution in [2.75, 3.05) is 13.2 Å². The lowest BCUT2D eigenvalue weighted by Gasteiger charge is -2.33. The first kappa shape index (κ1) is 13.3. The van der Waals surface area contributed by atoms with Crippen LogP contribution in [0, 0.1) is 5.41 Å². The van der Waals surface area contributed by atoms with Gasteiger partial charge in [-0.15, -0.1) is 0 Å². The van der Waals surface area contributed by atoms with Gasteiger partial charge in [-0.25, -0.2) is 0 Å². The summed E-state index contributed by atoms with van der Waals surface area (Å²) < 4.78 is 17.2. The van der Waals surface area contributed by atoms with Gasteiger partial charge in [0.1, 0.15) is 5.75 Å². The number of hydrogen-bond acceptors (Lipinski definition) is 3. The molecule has 5 heteroatoms. The van der Waals surface area contributed by atoms with E-state index < -0.39 is 0 Å². The second kappa shape index (κ2) is 5.00. The number of ether oxygens (including phenoxy) is 1. The van der Waals surface area contributed by atoms with E-state index in [-0.39, 0.29) is 12.5 Å². The summed E-state index contributed by atoms with van der Waals surface area (Å²) in [5.74, 6) is 0.754. The zero-order valence-corrected chi connectivity index (χ0v) is 12.1. The molecule has 0 atom stereocenters. The molecule has 0 unspecified atom stereocenters. The Bertz CT molecular complexity index is 464. The number of hydrogen-bond donors (Lipinski definition) is 0. The molecule has 0 bridgehead atoms. The van der Waals surface area contributed by atoms with Crippen molar-refractivity contribution in [1.82, 2.24) is 0 Å². The lowest BCUT2D eigenvalue weighted by molar-refractivity contribution is 0.0343. The van der Waals surface area contributed by atoms with Gasteiger partial charge in [0.2, 0.25) is 0 Å². The minimum atomic E-state index is -0.319. The number of rotatable bonds is 3. The molecule has 0 amide bonds.